The van der Waals surface area contributed by atoms with E-state index in [0.29, 0.717) is 66.0 Å². The first-order valence-corrected chi connectivity index (χ1v) is 18.1. The quantitative estimate of drug-likeness (QED) is 0.129. The molecule has 5 rings (SSSR count). The van der Waals surface area contributed by atoms with E-state index in [1.54, 1.807) is 53.4 Å². The van der Waals surface area contributed by atoms with Crippen LogP contribution in [0.1, 0.15) is 31.9 Å². The van der Waals surface area contributed by atoms with Gasteiger partial charge in [0.25, 0.3) is 15.0 Å². The van der Waals surface area contributed by atoms with Gasteiger partial charge in [-0.25, -0.2) is 17.9 Å². The van der Waals surface area contributed by atoms with Crippen LogP contribution in [-0.2, 0) is 27.8 Å². The van der Waals surface area contributed by atoms with Gasteiger partial charge in [0.2, 0.25) is 0 Å². The number of benzene rings is 3. The lowest BCUT2D eigenvalue weighted by molar-refractivity contribution is -0.388. The number of rotatable bonds is 13. The van der Waals surface area contributed by atoms with Crippen molar-refractivity contribution in [1.29, 1.82) is 0 Å². The van der Waals surface area contributed by atoms with Crippen molar-refractivity contribution in [3.8, 4) is 28.7 Å². The van der Waals surface area contributed by atoms with E-state index >= 15 is 0 Å². The van der Waals surface area contributed by atoms with Gasteiger partial charge in [0.15, 0.2) is 0 Å². The molecule has 1 aromatic heterocycles. The zero-order valence-corrected chi connectivity index (χ0v) is 31.6. The Kier molecular flexibility index (Phi) is 11.7. The molecule has 284 valence electrons. The van der Waals surface area contributed by atoms with Crippen LogP contribution in [0.2, 0.25) is 0 Å². The summed E-state index contributed by atoms with van der Waals surface area (Å²) in [6, 6.07) is 16.9. The first kappa shape index (κ1) is 38.7. The summed E-state index contributed by atoms with van der Waals surface area (Å²) in [5.74, 6) is 1.72. The van der Waals surface area contributed by atoms with Crippen molar-refractivity contribution in [2.24, 2.45) is 0 Å². The third-order valence-electron chi connectivity index (χ3n) is 8.54. The van der Waals surface area contributed by atoms with E-state index in [4.69, 9.17) is 23.7 Å². The number of anilines is 1. The largest absolute Gasteiger partial charge is 0.497 e. The zero-order valence-electron chi connectivity index (χ0n) is 30.8. The van der Waals surface area contributed by atoms with Crippen molar-refractivity contribution in [3.63, 3.8) is 0 Å². The Labute approximate surface area is 308 Å². The average molecular weight is 753 g/mol. The van der Waals surface area contributed by atoms with E-state index in [1.807, 2.05) is 32.9 Å². The summed E-state index contributed by atoms with van der Waals surface area (Å²) < 4.78 is 58.5. The molecule has 3 aromatic carbocycles. The van der Waals surface area contributed by atoms with E-state index in [9.17, 15) is 23.3 Å². The molecule has 1 aliphatic rings. The number of nitro groups is 1. The molecule has 17 heteroatoms. The molecule has 1 amide bonds. The highest BCUT2D eigenvalue weighted by Crippen LogP contribution is 2.34. The number of hydrogen-bond acceptors (Lipinski definition) is 12. The summed E-state index contributed by atoms with van der Waals surface area (Å²) in [5, 5.41) is 15.9. The minimum Gasteiger partial charge on any atom is -0.497 e. The maximum atomic E-state index is 14.5. The fourth-order valence-corrected chi connectivity index (χ4v) is 7.22. The number of carbonyl (C=O) groups is 1. The predicted octanol–water partition coefficient (Wildman–Crippen LogP) is 5.26. The van der Waals surface area contributed by atoms with Crippen LogP contribution in [0.3, 0.4) is 0 Å². The van der Waals surface area contributed by atoms with Gasteiger partial charge < -0.3 is 33.5 Å². The van der Waals surface area contributed by atoms with E-state index < -0.39 is 31.3 Å². The zero-order chi connectivity index (χ0) is 38.5. The Bertz CT molecular complexity index is 1980. The van der Waals surface area contributed by atoms with Crippen molar-refractivity contribution in [2.75, 3.05) is 59.5 Å². The number of piperazine rings is 1. The van der Waals surface area contributed by atoms with E-state index in [0.717, 1.165) is 16.2 Å². The molecule has 1 aliphatic heterocycles. The molecule has 1 saturated heterocycles. The van der Waals surface area contributed by atoms with Crippen LogP contribution < -0.4 is 23.8 Å². The number of hydrogen-bond donors (Lipinski definition) is 0. The Morgan fingerprint density at radius 2 is 1.32 bits per heavy atom. The SMILES string of the molecule is COc1ccc(CN(Cc2ccc(OC)cc2OC)S(=O)(=O)c2nn(-c3ccc(N4CCN(C(=O)OC(C)(C)C)CC4)cc3)cc2[N+](=O)[O-])c(OC)c1. The molecule has 0 spiro atoms. The molecule has 0 aliphatic carbocycles. The fourth-order valence-electron chi connectivity index (χ4n) is 5.77. The fraction of sp³-hybridized carbons (Fsp3) is 0.389. The van der Waals surface area contributed by atoms with Gasteiger partial charge in [-0.3, -0.25) is 10.1 Å². The summed E-state index contributed by atoms with van der Waals surface area (Å²) in [6.45, 7) is 7.11. The summed E-state index contributed by atoms with van der Waals surface area (Å²) >= 11 is 0. The van der Waals surface area contributed by atoms with Gasteiger partial charge in [-0.15, -0.1) is 5.10 Å². The van der Waals surface area contributed by atoms with Gasteiger partial charge in [-0.05, 0) is 57.2 Å². The highest BCUT2D eigenvalue weighted by molar-refractivity contribution is 7.89. The third-order valence-corrected chi connectivity index (χ3v) is 10.3. The summed E-state index contributed by atoms with van der Waals surface area (Å²) in [4.78, 5) is 27.9. The molecule has 0 unspecified atom stereocenters. The molecule has 0 saturated carbocycles. The van der Waals surface area contributed by atoms with E-state index in [-0.39, 0.29) is 19.2 Å². The van der Waals surface area contributed by atoms with Gasteiger partial charge in [0.05, 0.1) is 39.0 Å². The van der Waals surface area contributed by atoms with Crippen molar-refractivity contribution < 1.29 is 41.8 Å². The van der Waals surface area contributed by atoms with Gasteiger partial charge >= 0.3 is 11.8 Å². The molecule has 53 heavy (non-hydrogen) atoms. The Hall–Kier alpha value is -5.55. The number of aromatic nitrogens is 2. The van der Waals surface area contributed by atoms with Crippen molar-refractivity contribution in [3.05, 3.63) is 88.1 Å². The van der Waals surface area contributed by atoms with Gasteiger partial charge in [-0.2, -0.15) is 4.31 Å². The minimum absolute atomic E-state index is 0.232. The lowest BCUT2D eigenvalue weighted by Crippen LogP contribution is -2.50. The van der Waals surface area contributed by atoms with Gasteiger partial charge in [-0.1, -0.05) is 12.1 Å². The van der Waals surface area contributed by atoms with Crippen molar-refractivity contribution in [1.82, 2.24) is 19.0 Å². The van der Waals surface area contributed by atoms with Crippen LogP contribution in [0.25, 0.3) is 5.69 Å². The number of methoxy groups -OCH3 is 4. The van der Waals surface area contributed by atoms with Crippen LogP contribution in [0.15, 0.2) is 71.9 Å². The van der Waals surface area contributed by atoms with Crippen molar-refractivity contribution >= 4 is 27.5 Å². The minimum atomic E-state index is -4.66. The molecule has 1 fully saturated rings. The second kappa shape index (κ2) is 16.0. The highest BCUT2D eigenvalue weighted by atomic mass is 32.2. The topological polar surface area (TPSA) is 168 Å². The van der Waals surface area contributed by atoms with Gasteiger partial charge in [0.1, 0.15) is 34.8 Å². The molecular weight excluding hydrogens is 708 g/mol. The Balaban J connectivity index is 1.46. The molecular formula is C36H44N6O10S. The molecule has 0 bridgehead atoms. The molecule has 2 heterocycles. The molecule has 0 radical (unpaired) electrons. The first-order chi connectivity index (χ1) is 25.2. The molecule has 0 atom stereocenters. The summed E-state index contributed by atoms with van der Waals surface area (Å²) in [7, 11) is 1.24. The molecule has 16 nitrogen and oxygen atoms in total. The normalized spacial score (nSPS) is 13.5. The Morgan fingerprint density at radius 1 is 0.811 bits per heavy atom. The number of carbonyl (C=O) groups excluding carboxylic acids is 1. The second-order valence-electron chi connectivity index (χ2n) is 13.1. The smallest absolute Gasteiger partial charge is 0.410 e. The summed E-state index contributed by atoms with van der Waals surface area (Å²) in [6.07, 6.45) is 0.727. The van der Waals surface area contributed by atoms with E-state index in [1.165, 1.54) is 33.1 Å². The van der Waals surface area contributed by atoms with Crippen LogP contribution >= 0.6 is 0 Å². The maximum absolute atomic E-state index is 14.5. The summed E-state index contributed by atoms with van der Waals surface area (Å²) in [5.41, 5.74) is 0.951. The monoisotopic (exact) mass is 752 g/mol. The lowest BCUT2D eigenvalue weighted by atomic mass is 10.1. The number of ether oxygens (including phenoxy) is 5. The average Bonchev–Trinajstić information content (AvgIpc) is 3.61. The highest BCUT2D eigenvalue weighted by Gasteiger charge is 2.37. The van der Waals surface area contributed by atoms with Crippen molar-refractivity contribution in [2.45, 2.75) is 44.5 Å². The van der Waals surface area contributed by atoms with Crippen LogP contribution in [0.4, 0.5) is 16.2 Å². The van der Waals surface area contributed by atoms with Crippen LogP contribution in [-0.4, -0.2) is 98.6 Å². The maximum Gasteiger partial charge on any atom is 0.410 e. The van der Waals surface area contributed by atoms with E-state index in [2.05, 4.69) is 10.00 Å². The predicted molar refractivity (Wildman–Crippen MR) is 196 cm³/mol. The standard InChI is InChI=1S/C36H44N6O10S/c1-36(2,3)52-35(43)39-18-16-38(17-19-39)27-10-12-28(13-11-27)41-24-31(42(44)45)34(37-41)53(46,47)40(22-25-8-14-29(48-4)20-32(25)50-6)23-26-9-15-30(49-5)21-33(26)51-7/h8-15,20-21,24H,16-19,22-23H2,1-7H3. The molecule has 0 N–H and O–H groups in total. The first-order valence-electron chi connectivity index (χ1n) is 16.7. The number of amides is 1. The van der Waals surface area contributed by atoms with Crippen LogP contribution in [0, 0.1) is 10.1 Å². The Morgan fingerprint density at radius 3 is 1.77 bits per heavy atom. The molecule has 4 aromatic rings. The van der Waals surface area contributed by atoms with Crippen LogP contribution in [0.5, 0.6) is 23.0 Å². The second-order valence-corrected chi connectivity index (χ2v) is 15.0. The third kappa shape index (κ3) is 8.92. The number of sulfonamides is 1. The lowest BCUT2D eigenvalue weighted by Gasteiger charge is -2.36. The van der Waals surface area contributed by atoms with Gasteiger partial charge in [0, 0.05) is 68.2 Å². The number of nitrogens with zero attached hydrogens (tertiary/aromatic N) is 6.